The van der Waals surface area contributed by atoms with Crippen LogP contribution in [0.15, 0.2) is 0 Å². The molecular weight excluding hydrogens is 252 g/mol. The van der Waals surface area contributed by atoms with E-state index in [9.17, 15) is 0 Å². The molecule has 0 aliphatic heterocycles. The molecule has 2 atom stereocenters. The van der Waals surface area contributed by atoms with Crippen molar-refractivity contribution in [3.05, 3.63) is 15.6 Å². The molecule has 1 heterocycles. The van der Waals surface area contributed by atoms with Crippen LogP contribution >= 0.6 is 11.3 Å². The van der Waals surface area contributed by atoms with E-state index in [0.29, 0.717) is 5.92 Å². The first-order valence-corrected chi connectivity index (χ1v) is 8.38. The van der Waals surface area contributed by atoms with Gasteiger partial charge in [-0.2, -0.15) is 0 Å². The zero-order valence-electron chi connectivity index (χ0n) is 13.0. The summed E-state index contributed by atoms with van der Waals surface area (Å²) in [5.41, 5.74) is 1.46. The van der Waals surface area contributed by atoms with Crippen LogP contribution in [-0.2, 0) is 12.0 Å². The summed E-state index contributed by atoms with van der Waals surface area (Å²) in [5.74, 6) is 1.58. The lowest BCUT2D eigenvalue weighted by atomic mass is 9.83. The van der Waals surface area contributed by atoms with Crippen LogP contribution in [0.1, 0.15) is 74.9 Å². The zero-order chi connectivity index (χ0) is 14.0. The lowest BCUT2D eigenvalue weighted by Gasteiger charge is -2.25. The van der Waals surface area contributed by atoms with E-state index in [0.717, 1.165) is 12.5 Å². The van der Waals surface area contributed by atoms with E-state index in [1.165, 1.54) is 41.3 Å². The second kappa shape index (κ2) is 5.92. The molecule has 2 unspecified atom stereocenters. The van der Waals surface area contributed by atoms with E-state index in [-0.39, 0.29) is 5.41 Å². The lowest BCUT2D eigenvalue weighted by Crippen LogP contribution is -2.17. The Bertz CT molecular complexity index is 417. The quantitative estimate of drug-likeness (QED) is 0.884. The molecule has 108 valence electrons. The maximum atomic E-state index is 5.04. The molecule has 1 saturated carbocycles. The molecule has 1 N–H and O–H groups in total. The van der Waals surface area contributed by atoms with Crippen molar-refractivity contribution in [2.75, 3.05) is 7.05 Å². The Morgan fingerprint density at radius 3 is 2.63 bits per heavy atom. The van der Waals surface area contributed by atoms with Crippen LogP contribution in [0, 0.1) is 5.92 Å². The van der Waals surface area contributed by atoms with Crippen molar-refractivity contribution >= 4 is 11.3 Å². The van der Waals surface area contributed by atoms with Gasteiger partial charge < -0.3 is 5.32 Å². The minimum absolute atomic E-state index is 0.154. The SMILES string of the molecule is CNCc1sc(C2CCCC(C)C2)nc1C(C)(C)C. The largest absolute Gasteiger partial charge is 0.315 e. The highest BCUT2D eigenvalue weighted by Crippen LogP contribution is 2.40. The first kappa shape index (κ1) is 15.0. The number of thiazole rings is 1. The van der Waals surface area contributed by atoms with Crippen LogP contribution in [0.4, 0.5) is 0 Å². The fourth-order valence-electron chi connectivity index (χ4n) is 3.07. The van der Waals surface area contributed by atoms with Crippen LogP contribution in [0.2, 0.25) is 0 Å². The molecule has 0 radical (unpaired) electrons. The van der Waals surface area contributed by atoms with Gasteiger partial charge in [0.05, 0.1) is 10.7 Å². The number of nitrogens with one attached hydrogen (secondary N) is 1. The lowest BCUT2D eigenvalue weighted by molar-refractivity contribution is 0.343. The van der Waals surface area contributed by atoms with Gasteiger partial charge in [0.25, 0.3) is 0 Å². The molecule has 0 amide bonds. The van der Waals surface area contributed by atoms with Crippen LogP contribution in [-0.4, -0.2) is 12.0 Å². The molecule has 1 aliphatic carbocycles. The predicted octanol–water partition coefficient (Wildman–Crippen LogP) is 4.45. The number of nitrogens with zero attached hydrogens (tertiary/aromatic N) is 1. The smallest absolute Gasteiger partial charge is 0.0962 e. The molecule has 1 aromatic rings. The van der Waals surface area contributed by atoms with Gasteiger partial charge in [0.2, 0.25) is 0 Å². The highest BCUT2D eigenvalue weighted by atomic mass is 32.1. The minimum Gasteiger partial charge on any atom is -0.315 e. The van der Waals surface area contributed by atoms with Gasteiger partial charge in [-0.25, -0.2) is 4.98 Å². The summed E-state index contributed by atoms with van der Waals surface area (Å²) in [6.45, 7) is 10.2. The first-order chi connectivity index (χ1) is 8.91. The first-order valence-electron chi connectivity index (χ1n) is 7.56. The molecule has 0 saturated heterocycles. The third-order valence-corrected chi connectivity index (χ3v) is 5.27. The number of aromatic nitrogens is 1. The highest BCUT2D eigenvalue weighted by Gasteiger charge is 2.28. The Labute approximate surface area is 122 Å². The fraction of sp³-hybridized carbons (Fsp3) is 0.812. The number of hydrogen-bond donors (Lipinski definition) is 1. The monoisotopic (exact) mass is 280 g/mol. The molecule has 3 heteroatoms. The van der Waals surface area contributed by atoms with Crippen LogP contribution < -0.4 is 5.32 Å². The predicted molar refractivity (Wildman–Crippen MR) is 84.0 cm³/mol. The molecule has 1 aliphatic rings. The van der Waals surface area contributed by atoms with E-state index >= 15 is 0 Å². The van der Waals surface area contributed by atoms with Gasteiger partial charge in [-0.05, 0) is 25.8 Å². The second-order valence-electron chi connectivity index (χ2n) is 7.07. The summed E-state index contributed by atoms with van der Waals surface area (Å²) in [5, 5.41) is 4.68. The Hall–Kier alpha value is -0.410. The Morgan fingerprint density at radius 1 is 1.32 bits per heavy atom. The molecule has 19 heavy (non-hydrogen) atoms. The molecule has 0 spiro atoms. The van der Waals surface area contributed by atoms with Gasteiger partial charge in [0, 0.05) is 22.8 Å². The van der Waals surface area contributed by atoms with E-state index in [2.05, 4.69) is 33.0 Å². The average Bonchev–Trinajstić information content (AvgIpc) is 2.73. The molecular formula is C16H28N2S. The molecule has 2 rings (SSSR count). The van der Waals surface area contributed by atoms with Gasteiger partial charge in [-0.1, -0.05) is 40.5 Å². The molecule has 2 nitrogen and oxygen atoms in total. The van der Waals surface area contributed by atoms with Crippen LogP contribution in [0.3, 0.4) is 0 Å². The minimum atomic E-state index is 0.154. The van der Waals surface area contributed by atoms with Gasteiger partial charge in [-0.3, -0.25) is 0 Å². The summed E-state index contributed by atoms with van der Waals surface area (Å²) >= 11 is 1.95. The summed E-state index contributed by atoms with van der Waals surface area (Å²) in [7, 11) is 2.02. The maximum absolute atomic E-state index is 5.04. The standard InChI is InChI=1S/C16H28N2S/c1-11-7-6-8-12(9-11)15-18-14(16(2,3)4)13(19-15)10-17-5/h11-12,17H,6-10H2,1-5H3. The van der Waals surface area contributed by atoms with Crippen molar-refractivity contribution in [3.63, 3.8) is 0 Å². The summed E-state index contributed by atoms with van der Waals surface area (Å²) in [6.07, 6.45) is 5.44. The van der Waals surface area contributed by atoms with Crippen molar-refractivity contribution in [2.45, 2.75) is 71.3 Å². The van der Waals surface area contributed by atoms with Crippen molar-refractivity contribution in [3.8, 4) is 0 Å². The number of rotatable bonds is 3. The van der Waals surface area contributed by atoms with Crippen LogP contribution in [0.25, 0.3) is 0 Å². The molecule has 1 fully saturated rings. The van der Waals surface area contributed by atoms with Crippen LogP contribution in [0.5, 0.6) is 0 Å². The number of hydrogen-bond acceptors (Lipinski definition) is 3. The van der Waals surface area contributed by atoms with Gasteiger partial charge >= 0.3 is 0 Å². The highest BCUT2D eigenvalue weighted by molar-refractivity contribution is 7.11. The average molecular weight is 280 g/mol. The topological polar surface area (TPSA) is 24.9 Å². The van der Waals surface area contributed by atoms with Crippen molar-refractivity contribution in [1.82, 2.24) is 10.3 Å². The van der Waals surface area contributed by atoms with E-state index < -0.39 is 0 Å². The van der Waals surface area contributed by atoms with E-state index in [4.69, 9.17) is 4.98 Å². The van der Waals surface area contributed by atoms with Crippen molar-refractivity contribution in [2.24, 2.45) is 5.92 Å². The summed E-state index contributed by atoms with van der Waals surface area (Å²) in [4.78, 5) is 6.47. The maximum Gasteiger partial charge on any atom is 0.0962 e. The fourth-order valence-corrected chi connectivity index (χ4v) is 4.50. The van der Waals surface area contributed by atoms with Crippen molar-refractivity contribution in [1.29, 1.82) is 0 Å². The molecule has 0 bridgehead atoms. The Kier molecular flexibility index (Phi) is 4.67. The second-order valence-corrected chi connectivity index (χ2v) is 8.19. The van der Waals surface area contributed by atoms with Gasteiger partial charge in [0.15, 0.2) is 0 Å². The molecule has 0 aromatic carbocycles. The summed E-state index contributed by atoms with van der Waals surface area (Å²) < 4.78 is 0. The molecule has 1 aromatic heterocycles. The Balaban J connectivity index is 2.26. The van der Waals surface area contributed by atoms with E-state index in [1.807, 2.05) is 18.4 Å². The zero-order valence-corrected chi connectivity index (χ0v) is 13.9. The van der Waals surface area contributed by atoms with Gasteiger partial charge in [0.1, 0.15) is 0 Å². The van der Waals surface area contributed by atoms with Gasteiger partial charge in [-0.15, -0.1) is 11.3 Å². The normalized spacial score (nSPS) is 24.7. The van der Waals surface area contributed by atoms with E-state index in [1.54, 1.807) is 0 Å². The summed E-state index contributed by atoms with van der Waals surface area (Å²) in [6, 6.07) is 0. The Morgan fingerprint density at radius 2 is 2.05 bits per heavy atom. The third-order valence-electron chi connectivity index (χ3n) is 4.05. The third kappa shape index (κ3) is 3.57. The van der Waals surface area contributed by atoms with Crippen molar-refractivity contribution < 1.29 is 0 Å².